The van der Waals surface area contributed by atoms with E-state index in [9.17, 15) is 4.79 Å². The van der Waals surface area contributed by atoms with Gasteiger partial charge in [0.25, 0.3) is 0 Å². The first-order chi connectivity index (χ1) is 12.3. The second-order valence-corrected chi connectivity index (χ2v) is 6.54. The number of carbonyl (C=O) groups is 1. The molecule has 0 aromatic heterocycles. The van der Waals surface area contributed by atoms with Gasteiger partial charge in [0, 0.05) is 12.5 Å². The molecule has 2 aromatic rings. The highest BCUT2D eigenvalue weighted by molar-refractivity contribution is 5.75. The molecule has 0 unspecified atom stereocenters. The molecule has 2 aromatic carbocycles. The van der Waals surface area contributed by atoms with Crippen molar-refractivity contribution in [2.45, 2.75) is 31.7 Å². The van der Waals surface area contributed by atoms with E-state index in [0.717, 1.165) is 29.7 Å². The van der Waals surface area contributed by atoms with Gasteiger partial charge in [-0.05, 0) is 36.1 Å². The molecule has 130 valence electrons. The summed E-state index contributed by atoms with van der Waals surface area (Å²) < 4.78 is 11.6. The zero-order valence-corrected chi connectivity index (χ0v) is 14.0. The van der Waals surface area contributed by atoms with Crippen molar-refractivity contribution in [1.82, 2.24) is 10.6 Å². The Bertz CT molecular complexity index is 717. The molecule has 0 bridgehead atoms. The van der Waals surface area contributed by atoms with Gasteiger partial charge in [0.05, 0.1) is 6.04 Å². The number of benzene rings is 2. The fourth-order valence-corrected chi connectivity index (χ4v) is 3.56. The van der Waals surface area contributed by atoms with Crippen LogP contribution < -0.4 is 15.4 Å². The third kappa shape index (κ3) is 3.61. The molecule has 2 N–H and O–H groups in total. The Morgan fingerprint density at radius 3 is 2.64 bits per heavy atom. The van der Waals surface area contributed by atoms with Crippen molar-refractivity contribution in [1.29, 1.82) is 0 Å². The van der Waals surface area contributed by atoms with Crippen LogP contribution in [0.3, 0.4) is 0 Å². The van der Waals surface area contributed by atoms with Gasteiger partial charge in [0.2, 0.25) is 0 Å². The molecular formula is C20H22N2O3. The molecule has 0 aliphatic carbocycles. The highest BCUT2D eigenvalue weighted by atomic mass is 16.5. The third-order valence-electron chi connectivity index (χ3n) is 4.84. The van der Waals surface area contributed by atoms with Gasteiger partial charge in [-0.15, -0.1) is 0 Å². The van der Waals surface area contributed by atoms with E-state index in [1.807, 2.05) is 54.6 Å². The average molecular weight is 338 g/mol. The standard InChI is InChI=1S/C20H22N2O3/c23-20-21-18(17-7-4-12-24-19(17)22-20)15-8-10-16(11-9-15)25-13-14-5-2-1-3-6-14/h1-3,5-6,8-11,17-19H,4,7,12-13H2,(H2,21,22,23)/t17-,18-,19-/m0/s1. The quantitative estimate of drug-likeness (QED) is 0.898. The minimum Gasteiger partial charge on any atom is -0.489 e. The van der Waals surface area contributed by atoms with Crippen molar-refractivity contribution in [3.8, 4) is 5.75 Å². The molecule has 2 aliphatic rings. The number of amides is 2. The highest BCUT2D eigenvalue weighted by Gasteiger charge is 2.39. The van der Waals surface area contributed by atoms with Crippen LogP contribution in [0.4, 0.5) is 4.79 Å². The van der Waals surface area contributed by atoms with E-state index in [-0.39, 0.29) is 24.2 Å². The molecule has 0 saturated carbocycles. The van der Waals surface area contributed by atoms with E-state index in [0.29, 0.717) is 13.2 Å². The van der Waals surface area contributed by atoms with Gasteiger partial charge in [-0.1, -0.05) is 42.5 Å². The van der Waals surface area contributed by atoms with Gasteiger partial charge < -0.3 is 20.1 Å². The smallest absolute Gasteiger partial charge is 0.317 e. The summed E-state index contributed by atoms with van der Waals surface area (Å²) in [5.41, 5.74) is 2.22. The number of rotatable bonds is 4. The summed E-state index contributed by atoms with van der Waals surface area (Å²) in [5, 5.41) is 5.91. The fourth-order valence-electron chi connectivity index (χ4n) is 3.56. The maximum atomic E-state index is 11.9. The van der Waals surface area contributed by atoms with Gasteiger partial charge in [-0.2, -0.15) is 0 Å². The molecule has 2 heterocycles. The molecule has 5 nitrogen and oxygen atoms in total. The van der Waals surface area contributed by atoms with E-state index in [1.165, 1.54) is 0 Å². The van der Waals surface area contributed by atoms with Crippen LogP contribution in [-0.2, 0) is 11.3 Å². The predicted octanol–water partition coefficient (Wildman–Crippen LogP) is 3.37. The summed E-state index contributed by atoms with van der Waals surface area (Å²) in [6.45, 7) is 1.25. The number of nitrogens with one attached hydrogen (secondary N) is 2. The number of hydrogen-bond donors (Lipinski definition) is 2. The number of fused-ring (bicyclic) bond motifs is 1. The largest absolute Gasteiger partial charge is 0.489 e. The van der Waals surface area contributed by atoms with Gasteiger partial charge in [-0.3, -0.25) is 0 Å². The molecule has 2 fully saturated rings. The molecular weight excluding hydrogens is 316 g/mol. The van der Waals surface area contributed by atoms with Gasteiger partial charge in [0.1, 0.15) is 18.6 Å². The van der Waals surface area contributed by atoms with Crippen LogP contribution in [0.5, 0.6) is 5.75 Å². The Morgan fingerprint density at radius 1 is 1.04 bits per heavy atom. The Hall–Kier alpha value is -2.53. The van der Waals surface area contributed by atoms with Crippen LogP contribution >= 0.6 is 0 Å². The van der Waals surface area contributed by atoms with E-state index < -0.39 is 0 Å². The van der Waals surface area contributed by atoms with Crippen molar-refractivity contribution in [3.63, 3.8) is 0 Å². The zero-order valence-electron chi connectivity index (χ0n) is 14.0. The molecule has 3 atom stereocenters. The van der Waals surface area contributed by atoms with E-state index >= 15 is 0 Å². The summed E-state index contributed by atoms with van der Waals surface area (Å²) in [6, 6.07) is 17.9. The molecule has 2 amide bonds. The zero-order chi connectivity index (χ0) is 17.1. The van der Waals surface area contributed by atoms with Gasteiger partial charge >= 0.3 is 6.03 Å². The number of ether oxygens (including phenoxy) is 2. The lowest BCUT2D eigenvalue weighted by atomic mass is 9.85. The Balaban J connectivity index is 1.44. The maximum absolute atomic E-state index is 11.9. The van der Waals surface area contributed by atoms with E-state index in [4.69, 9.17) is 9.47 Å². The lowest BCUT2D eigenvalue weighted by Gasteiger charge is -2.41. The lowest BCUT2D eigenvalue weighted by Crippen LogP contribution is -2.58. The minimum absolute atomic E-state index is 0.0257. The van der Waals surface area contributed by atoms with E-state index in [1.54, 1.807) is 0 Å². The summed E-state index contributed by atoms with van der Waals surface area (Å²) in [7, 11) is 0. The number of urea groups is 1. The molecule has 0 spiro atoms. The van der Waals surface area contributed by atoms with Crippen LogP contribution in [0.2, 0.25) is 0 Å². The highest BCUT2D eigenvalue weighted by Crippen LogP contribution is 2.34. The summed E-state index contributed by atoms with van der Waals surface area (Å²) in [4.78, 5) is 11.9. The third-order valence-corrected chi connectivity index (χ3v) is 4.84. The first-order valence-corrected chi connectivity index (χ1v) is 8.75. The molecule has 2 saturated heterocycles. The Kier molecular flexibility index (Phi) is 4.57. The lowest BCUT2D eigenvalue weighted by molar-refractivity contribution is -0.0602. The molecule has 0 radical (unpaired) electrons. The predicted molar refractivity (Wildman–Crippen MR) is 94.1 cm³/mol. The minimum atomic E-state index is -0.193. The summed E-state index contributed by atoms with van der Waals surface area (Å²) >= 11 is 0. The van der Waals surface area contributed by atoms with Crippen molar-refractivity contribution in [2.24, 2.45) is 5.92 Å². The first kappa shape index (κ1) is 16.0. The fraction of sp³-hybridized carbons (Fsp3) is 0.350. The average Bonchev–Trinajstić information content (AvgIpc) is 2.67. The van der Waals surface area contributed by atoms with Gasteiger partial charge in [0.15, 0.2) is 0 Å². The van der Waals surface area contributed by atoms with E-state index in [2.05, 4.69) is 10.6 Å². The normalized spacial score (nSPS) is 25.4. The Labute approximate surface area is 147 Å². The van der Waals surface area contributed by atoms with Crippen LogP contribution in [0.1, 0.15) is 30.0 Å². The SMILES string of the molecule is O=C1N[C@H]2OCCC[C@H]2[C@H](c2ccc(OCc3ccccc3)cc2)N1. The van der Waals surface area contributed by atoms with Crippen molar-refractivity contribution in [2.75, 3.05) is 6.61 Å². The molecule has 25 heavy (non-hydrogen) atoms. The second kappa shape index (κ2) is 7.15. The van der Waals surface area contributed by atoms with Gasteiger partial charge in [-0.25, -0.2) is 4.79 Å². The first-order valence-electron chi connectivity index (χ1n) is 8.75. The maximum Gasteiger partial charge on any atom is 0.317 e. The second-order valence-electron chi connectivity index (χ2n) is 6.54. The van der Waals surface area contributed by atoms with Crippen molar-refractivity contribution >= 4 is 6.03 Å². The van der Waals surface area contributed by atoms with Crippen LogP contribution in [0, 0.1) is 5.92 Å². The molecule has 2 aliphatic heterocycles. The summed E-state index contributed by atoms with van der Waals surface area (Å²) in [5.74, 6) is 1.08. The monoisotopic (exact) mass is 338 g/mol. The molecule has 5 heteroatoms. The van der Waals surface area contributed by atoms with Crippen LogP contribution in [-0.4, -0.2) is 18.9 Å². The van der Waals surface area contributed by atoms with Crippen LogP contribution in [0.15, 0.2) is 54.6 Å². The van der Waals surface area contributed by atoms with Crippen molar-refractivity contribution < 1.29 is 14.3 Å². The van der Waals surface area contributed by atoms with Crippen LogP contribution in [0.25, 0.3) is 0 Å². The van der Waals surface area contributed by atoms with Crippen molar-refractivity contribution in [3.05, 3.63) is 65.7 Å². The summed E-state index contributed by atoms with van der Waals surface area (Å²) in [6.07, 6.45) is 1.86. The Morgan fingerprint density at radius 2 is 1.84 bits per heavy atom. The molecule has 4 rings (SSSR count). The topological polar surface area (TPSA) is 59.6 Å². The number of carbonyl (C=O) groups excluding carboxylic acids is 1. The number of hydrogen-bond acceptors (Lipinski definition) is 3.